The average Bonchev–Trinajstić information content (AvgIpc) is 2.61. The van der Waals surface area contributed by atoms with Crippen LogP contribution in [-0.4, -0.2) is 26.2 Å². The van der Waals surface area contributed by atoms with Crippen molar-refractivity contribution < 1.29 is 14.2 Å². The summed E-state index contributed by atoms with van der Waals surface area (Å²) in [6.07, 6.45) is 0. The number of rotatable bonds is 7. The van der Waals surface area contributed by atoms with Gasteiger partial charge in [0.2, 0.25) is 0 Å². The summed E-state index contributed by atoms with van der Waals surface area (Å²) in [5.74, 6) is 2.16. The van der Waals surface area contributed by atoms with E-state index in [0.717, 1.165) is 0 Å². The number of methoxy groups -OCH3 is 1. The monoisotopic (exact) mass is 323 g/mol. The van der Waals surface area contributed by atoms with Gasteiger partial charge in [0.25, 0.3) is 5.60 Å². The smallest absolute Gasteiger partial charge is 0.270 e. The van der Waals surface area contributed by atoms with Gasteiger partial charge in [-0.15, -0.1) is 0 Å². The van der Waals surface area contributed by atoms with Crippen molar-refractivity contribution in [3.63, 3.8) is 0 Å². The maximum Gasteiger partial charge on any atom is 0.270 e. The maximum atomic E-state index is 9.41. The summed E-state index contributed by atoms with van der Waals surface area (Å²) in [6.45, 7) is 3.98. The SMILES string of the molecule is CCOc1cc(C(C#N)(C#N)OC)c(OCC)cc1C(=C=[N-])C#N. The summed E-state index contributed by atoms with van der Waals surface area (Å²) in [6, 6.07) is 8.24. The molecule has 0 aromatic heterocycles. The summed E-state index contributed by atoms with van der Waals surface area (Å²) in [4.78, 5) is 0. The Morgan fingerprint density at radius 1 is 1.08 bits per heavy atom. The Balaban J connectivity index is 3.83. The van der Waals surface area contributed by atoms with Crippen LogP contribution >= 0.6 is 0 Å². The molecular weight excluding hydrogens is 308 g/mol. The zero-order chi connectivity index (χ0) is 18.2. The summed E-state index contributed by atoms with van der Waals surface area (Å²) in [5.41, 5.74) is -1.67. The largest absolute Gasteiger partial charge is 0.762 e. The summed E-state index contributed by atoms with van der Waals surface area (Å²) < 4.78 is 16.1. The highest BCUT2D eigenvalue weighted by molar-refractivity contribution is 6.00. The normalized spacial score (nSPS) is 9.83. The van der Waals surface area contributed by atoms with E-state index in [1.807, 2.05) is 12.1 Å². The molecule has 0 aliphatic heterocycles. The predicted octanol–water partition coefficient (Wildman–Crippen LogP) is 2.52. The molecule has 0 bridgehead atoms. The summed E-state index contributed by atoms with van der Waals surface area (Å²) >= 11 is 0. The Kier molecular flexibility index (Phi) is 6.53. The molecule has 0 N–H and O–H groups in total. The van der Waals surface area contributed by atoms with Gasteiger partial charge in [-0.25, -0.2) is 5.87 Å². The molecule has 0 radical (unpaired) electrons. The Bertz CT molecular complexity index is 776. The molecule has 1 aromatic carbocycles. The van der Waals surface area contributed by atoms with E-state index in [1.54, 1.807) is 25.8 Å². The van der Waals surface area contributed by atoms with Crippen LogP contribution in [0.2, 0.25) is 0 Å². The lowest BCUT2D eigenvalue weighted by Crippen LogP contribution is -2.25. The van der Waals surface area contributed by atoms with Crippen molar-refractivity contribution in [3.8, 4) is 29.7 Å². The fourth-order valence-corrected chi connectivity index (χ4v) is 2.07. The van der Waals surface area contributed by atoms with Gasteiger partial charge in [-0.1, -0.05) is 0 Å². The zero-order valence-corrected chi connectivity index (χ0v) is 13.6. The number of ether oxygens (including phenoxy) is 3. The molecule has 7 nitrogen and oxygen atoms in total. The van der Waals surface area contributed by atoms with Gasteiger partial charge in [-0.2, -0.15) is 15.8 Å². The second-order valence-electron chi connectivity index (χ2n) is 4.42. The van der Waals surface area contributed by atoms with Gasteiger partial charge in [0.05, 0.1) is 24.4 Å². The highest BCUT2D eigenvalue weighted by Gasteiger charge is 2.37. The van der Waals surface area contributed by atoms with Crippen LogP contribution in [-0.2, 0) is 10.3 Å². The molecule has 1 aromatic rings. The van der Waals surface area contributed by atoms with E-state index in [9.17, 15) is 10.5 Å². The summed E-state index contributed by atoms with van der Waals surface area (Å²) in [5, 5.41) is 37.1. The first-order valence-electron chi connectivity index (χ1n) is 7.06. The van der Waals surface area contributed by atoms with Crippen LogP contribution in [0.3, 0.4) is 0 Å². The van der Waals surface area contributed by atoms with Crippen molar-refractivity contribution in [3.05, 3.63) is 28.7 Å². The number of benzene rings is 1. The van der Waals surface area contributed by atoms with Crippen LogP contribution in [0.25, 0.3) is 11.0 Å². The van der Waals surface area contributed by atoms with Crippen LogP contribution in [0.5, 0.6) is 11.5 Å². The van der Waals surface area contributed by atoms with Crippen LogP contribution in [0.1, 0.15) is 25.0 Å². The van der Waals surface area contributed by atoms with Crippen molar-refractivity contribution >= 4 is 11.4 Å². The lowest BCUT2D eigenvalue weighted by atomic mass is 9.92. The molecule has 0 aliphatic rings. The molecule has 1 rings (SSSR count). The molecule has 0 unspecified atom stereocenters. The van der Waals surface area contributed by atoms with Crippen LogP contribution in [0.4, 0.5) is 0 Å². The Labute approximate surface area is 140 Å². The second-order valence-corrected chi connectivity index (χ2v) is 4.42. The Morgan fingerprint density at radius 3 is 2.08 bits per heavy atom. The molecule has 7 heteroatoms. The minimum Gasteiger partial charge on any atom is -0.762 e. The molecule has 122 valence electrons. The standard InChI is InChI=1S/C17H15N4O3/c1-4-23-15-7-14(17(10-20,11-21)22-3)16(24-5-2)6-13(15)12(8-18)9-19/h6-7H,4-5H2,1-3H3/q-1. The zero-order valence-electron chi connectivity index (χ0n) is 13.6. The fraction of sp³-hybridized carbons (Fsp3) is 0.353. The van der Waals surface area contributed by atoms with Gasteiger partial charge in [0.15, 0.2) is 0 Å². The van der Waals surface area contributed by atoms with E-state index < -0.39 is 5.60 Å². The highest BCUT2D eigenvalue weighted by Crippen LogP contribution is 2.39. The molecule has 0 heterocycles. The van der Waals surface area contributed by atoms with Crippen molar-refractivity contribution in [1.29, 1.82) is 15.8 Å². The van der Waals surface area contributed by atoms with E-state index in [0.29, 0.717) is 0 Å². The second kappa shape index (κ2) is 8.36. The highest BCUT2D eigenvalue weighted by atomic mass is 16.5. The molecular formula is C17H15N4O3-. The first-order valence-corrected chi connectivity index (χ1v) is 7.06. The van der Waals surface area contributed by atoms with Gasteiger partial charge < -0.3 is 19.6 Å². The number of hydrogen-bond acceptors (Lipinski definition) is 6. The lowest BCUT2D eigenvalue weighted by molar-refractivity contribution is 0.0826. The van der Waals surface area contributed by atoms with Crippen LogP contribution in [0, 0.1) is 34.0 Å². The molecule has 24 heavy (non-hydrogen) atoms. The molecule has 0 amide bonds. The Hall–Kier alpha value is -3.30. The lowest BCUT2D eigenvalue weighted by Gasteiger charge is -2.23. The summed E-state index contributed by atoms with van der Waals surface area (Å²) in [7, 11) is 1.23. The van der Waals surface area contributed by atoms with Crippen molar-refractivity contribution in [2.24, 2.45) is 0 Å². The third-order valence-electron chi connectivity index (χ3n) is 3.17. The molecule has 0 saturated heterocycles. The van der Waals surface area contributed by atoms with Gasteiger partial charge in [0.1, 0.15) is 29.7 Å². The van der Waals surface area contributed by atoms with E-state index >= 15 is 0 Å². The van der Waals surface area contributed by atoms with E-state index in [4.69, 9.17) is 24.9 Å². The molecule has 0 spiro atoms. The third kappa shape index (κ3) is 3.37. The first-order chi connectivity index (χ1) is 11.6. The van der Waals surface area contributed by atoms with Gasteiger partial charge in [-0.3, -0.25) is 0 Å². The van der Waals surface area contributed by atoms with Crippen molar-refractivity contribution in [2.75, 3.05) is 20.3 Å². The molecule has 0 aliphatic carbocycles. The fourth-order valence-electron chi connectivity index (χ4n) is 2.07. The van der Waals surface area contributed by atoms with Crippen molar-refractivity contribution in [2.45, 2.75) is 19.4 Å². The molecule has 0 atom stereocenters. The average molecular weight is 323 g/mol. The first kappa shape index (κ1) is 18.7. The van der Waals surface area contributed by atoms with Crippen LogP contribution in [0.15, 0.2) is 12.1 Å². The molecule has 0 fully saturated rings. The number of nitriles is 3. The third-order valence-corrected chi connectivity index (χ3v) is 3.17. The van der Waals surface area contributed by atoms with E-state index in [1.165, 1.54) is 19.2 Å². The Morgan fingerprint density at radius 2 is 1.67 bits per heavy atom. The van der Waals surface area contributed by atoms with Gasteiger partial charge >= 0.3 is 0 Å². The minimum atomic E-state index is -1.89. The van der Waals surface area contributed by atoms with Gasteiger partial charge in [-0.05, 0) is 26.0 Å². The predicted molar refractivity (Wildman–Crippen MR) is 86.1 cm³/mol. The minimum absolute atomic E-state index is 0.152. The quantitative estimate of drug-likeness (QED) is 0.561. The van der Waals surface area contributed by atoms with Crippen molar-refractivity contribution in [1.82, 2.24) is 0 Å². The number of hydrogen-bond donors (Lipinski definition) is 0. The number of allylic oxidation sites excluding steroid dienone is 1. The molecule has 0 saturated carbocycles. The van der Waals surface area contributed by atoms with Gasteiger partial charge in [0, 0.05) is 12.7 Å². The maximum absolute atomic E-state index is 9.41. The topological polar surface area (TPSA) is 121 Å². The van der Waals surface area contributed by atoms with E-state index in [2.05, 4.69) is 0 Å². The van der Waals surface area contributed by atoms with E-state index in [-0.39, 0.29) is 41.4 Å². The van der Waals surface area contributed by atoms with Crippen LogP contribution < -0.4 is 9.47 Å². The number of nitrogens with zero attached hydrogens (tertiary/aromatic N) is 4.